The lowest BCUT2D eigenvalue weighted by Crippen LogP contribution is -1.89. The Morgan fingerprint density at radius 2 is 0.663 bits per heavy atom. The van der Waals surface area contributed by atoms with E-state index in [9.17, 15) is 0 Å². The Morgan fingerprint density at radius 3 is 1.13 bits per heavy atom. The zero-order valence-corrected chi connectivity index (χ0v) is 56.8. The first-order chi connectivity index (χ1) is 47.0. The van der Waals surface area contributed by atoms with Crippen LogP contribution in [0.2, 0.25) is 0 Å². The van der Waals surface area contributed by atoms with Crippen molar-refractivity contribution in [3.05, 3.63) is 265 Å². The molecule has 3 aromatic carbocycles. The van der Waals surface area contributed by atoms with E-state index in [-0.39, 0.29) is 29.7 Å². The average molecular weight is 1340 g/mol. The average Bonchev–Trinajstić information content (AvgIpc) is 1.60. The van der Waals surface area contributed by atoms with E-state index in [0.29, 0.717) is 0 Å². The third kappa shape index (κ3) is 12.3. The van der Waals surface area contributed by atoms with Gasteiger partial charge in [-0.3, -0.25) is 22.0 Å². The molecule has 0 unspecified atom stereocenters. The second kappa shape index (κ2) is 27.9. The van der Waals surface area contributed by atoms with E-state index in [2.05, 4.69) is 275 Å². The summed E-state index contributed by atoms with van der Waals surface area (Å²) in [6.07, 6.45) is 12.2. The van der Waals surface area contributed by atoms with Gasteiger partial charge in [0.25, 0.3) is 0 Å². The highest BCUT2D eigenvalue weighted by atomic mass is 15.2. The van der Waals surface area contributed by atoms with Crippen molar-refractivity contribution in [2.45, 2.75) is 98.9 Å². The van der Waals surface area contributed by atoms with Crippen molar-refractivity contribution in [2.24, 2.45) is 21.1 Å². The molecular formula is C82H93N19. The molecule has 18 aromatic heterocycles. The van der Waals surface area contributed by atoms with E-state index in [4.69, 9.17) is 0 Å². The number of nitrogens with one attached hydrogen (secondary N) is 4. The largest absolute Gasteiger partial charge is 0.341 e. The first-order valence-corrected chi connectivity index (χ1v) is 32.6. The standard InChI is InChI=1S/3C13H14N2.3C10H9N3.C9H8N4.4CH4/c3*1-9-10(2)15-12-7-5-4-6-11(12)8-13(15)14(9)3;2*1-7-11-8-6-13-5-3-2-4-9(13)10(8)12-7;1-7-11-9-6-8-4-2-3-5-13(8)10(9)12-7;1-6-10-8-9(11-6)13-5-3-2-4-7(13)12-8;;;;/h3*4-8H,1-3H3;3*2-6H,1H3,(H,11,12);2-5H,1H3,(H,10,11);4*1H4. The van der Waals surface area contributed by atoms with Gasteiger partial charge in [-0.15, -0.1) is 0 Å². The first kappa shape index (κ1) is 70.1. The number of hydrogen-bond donors (Lipinski definition) is 4. The van der Waals surface area contributed by atoms with Gasteiger partial charge in [-0.05, 0) is 160 Å². The van der Waals surface area contributed by atoms with Crippen molar-refractivity contribution >= 4 is 116 Å². The Labute approximate surface area is 587 Å². The third-order valence-corrected chi connectivity index (χ3v) is 19.0. The van der Waals surface area contributed by atoms with Crippen molar-refractivity contribution in [1.29, 1.82) is 0 Å². The second-order valence-electron chi connectivity index (χ2n) is 25.0. The molecule has 0 amide bonds. The van der Waals surface area contributed by atoms with Crippen LogP contribution in [0.15, 0.2) is 207 Å². The molecule has 0 aliphatic heterocycles. The molecule has 516 valence electrons. The minimum absolute atomic E-state index is 0. The molecule has 0 aliphatic rings. The van der Waals surface area contributed by atoms with Gasteiger partial charge in [0.1, 0.15) is 56.9 Å². The maximum absolute atomic E-state index is 4.42. The number of benzene rings is 3. The molecule has 101 heavy (non-hydrogen) atoms. The molecule has 0 bridgehead atoms. The highest BCUT2D eigenvalue weighted by Gasteiger charge is 2.15. The molecule has 18 heterocycles. The summed E-state index contributed by atoms with van der Waals surface area (Å²) in [5.41, 5.74) is 28.3. The fourth-order valence-electron chi connectivity index (χ4n) is 13.6. The summed E-state index contributed by atoms with van der Waals surface area (Å²) in [5.74, 6) is 3.80. The normalized spacial score (nSPS) is 11.1. The van der Waals surface area contributed by atoms with Crippen LogP contribution in [-0.2, 0) is 21.1 Å². The lowest BCUT2D eigenvalue weighted by Gasteiger charge is -1.96. The molecule has 0 fully saturated rings. The van der Waals surface area contributed by atoms with E-state index < -0.39 is 0 Å². The van der Waals surface area contributed by atoms with Crippen LogP contribution in [0.4, 0.5) is 0 Å². The van der Waals surface area contributed by atoms with Crippen molar-refractivity contribution in [3.8, 4) is 0 Å². The van der Waals surface area contributed by atoms with Gasteiger partial charge >= 0.3 is 0 Å². The van der Waals surface area contributed by atoms with E-state index in [1.165, 1.54) is 89.3 Å². The zero-order valence-electron chi connectivity index (χ0n) is 56.8. The fraction of sp³-hybridized carbons (Fsp3) is 0.207. The monoisotopic (exact) mass is 1340 g/mol. The Morgan fingerprint density at radius 1 is 0.307 bits per heavy atom. The van der Waals surface area contributed by atoms with Gasteiger partial charge in [0.2, 0.25) is 0 Å². The number of H-pyrrole nitrogens is 4. The summed E-state index contributed by atoms with van der Waals surface area (Å²) in [5, 5.41) is 3.93. The van der Waals surface area contributed by atoms with Gasteiger partial charge in [-0.1, -0.05) is 109 Å². The third-order valence-electron chi connectivity index (χ3n) is 19.0. The topological polar surface area (TPSA) is 173 Å². The number of pyridine rings is 4. The molecule has 4 N–H and O–H groups in total. The van der Waals surface area contributed by atoms with E-state index in [1.54, 1.807) is 0 Å². The summed E-state index contributed by atoms with van der Waals surface area (Å²) < 4.78 is 21.9. The number of para-hydroxylation sites is 3. The van der Waals surface area contributed by atoms with Gasteiger partial charge < -0.3 is 42.4 Å². The summed E-state index contributed by atoms with van der Waals surface area (Å²) in [7, 11) is 6.36. The number of aromatic amines is 4. The number of fused-ring (bicyclic) bond motifs is 21. The summed E-state index contributed by atoms with van der Waals surface area (Å²) in [6.45, 7) is 20.9. The molecule has 0 atom stereocenters. The van der Waals surface area contributed by atoms with E-state index >= 15 is 0 Å². The Kier molecular flexibility index (Phi) is 19.4. The molecular weight excluding hydrogens is 1250 g/mol. The van der Waals surface area contributed by atoms with Crippen LogP contribution in [0.5, 0.6) is 0 Å². The van der Waals surface area contributed by atoms with E-state index in [0.717, 1.165) is 84.5 Å². The lowest BCUT2D eigenvalue weighted by atomic mass is 10.2. The highest BCUT2D eigenvalue weighted by Crippen LogP contribution is 2.29. The SMILES string of the molecule is C.C.C.C.Cc1c(C)n2c3ccccc3cc2n1C.Cc1c(C)n2c3ccccc3cc2n1C.Cc1c(C)n2c3ccccc3cc2n1C.Cc1nc2c(cc3ccccn32)[nH]1.Cc1nc2c(cn3ccccc23)[nH]1.Cc1nc2c(cn3ccccc23)[nH]1.Cc1nc2c(nc3ccccn32)[nH]1. The van der Waals surface area contributed by atoms with Crippen molar-refractivity contribution in [2.75, 3.05) is 0 Å². The number of rotatable bonds is 0. The molecule has 21 aromatic rings. The number of aryl methyl sites for hydroxylation is 10. The summed E-state index contributed by atoms with van der Waals surface area (Å²) in [4.78, 5) is 34.7. The van der Waals surface area contributed by atoms with Crippen molar-refractivity contribution in [1.82, 2.24) is 89.4 Å². The quantitative estimate of drug-likeness (QED) is 0.118. The highest BCUT2D eigenvalue weighted by molar-refractivity contribution is 5.93. The van der Waals surface area contributed by atoms with Gasteiger partial charge in [-0.2, -0.15) is 0 Å². The minimum atomic E-state index is 0. The molecule has 19 nitrogen and oxygen atoms in total. The van der Waals surface area contributed by atoms with Crippen LogP contribution in [-0.4, -0.2) is 89.4 Å². The second-order valence-corrected chi connectivity index (χ2v) is 25.0. The van der Waals surface area contributed by atoms with Crippen LogP contribution in [0.3, 0.4) is 0 Å². The zero-order chi connectivity index (χ0) is 67.1. The van der Waals surface area contributed by atoms with Crippen LogP contribution in [0.1, 0.15) is 87.2 Å². The molecule has 0 spiro atoms. The molecule has 0 radical (unpaired) electrons. The van der Waals surface area contributed by atoms with Gasteiger partial charge in [0, 0.05) is 114 Å². The fourth-order valence-corrected chi connectivity index (χ4v) is 13.6. The van der Waals surface area contributed by atoms with Crippen LogP contribution in [0.25, 0.3) is 116 Å². The van der Waals surface area contributed by atoms with Crippen LogP contribution in [0, 0.1) is 69.2 Å². The summed E-state index contributed by atoms with van der Waals surface area (Å²) >= 11 is 0. The number of nitrogens with zero attached hydrogens (tertiary/aromatic N) is 15. The molecule has 0 saturated carbocycles. The number of imidazole rings is 8. The predicted molar refractivity (Wildman–Crippen MR) is 422 cm³/mol. The number of hydrogen-bond acceptors (Lipinski definition) is 5. The van der Waals surface area contributed by atoms with Gasteiger partial charge in [0.15, 0.2) is 16.9 Å². The van der Waals surface area contributed by atoms with Gasteiger partial charge in [-0.25, -0.2) is 24.9 Å². The van der Waals surface area contributed by atoms with Gasteiger partial charge in [0.05, 0.1) is 44.1 Å². The minimum Gasteiger partial charge on any atom is -0.341 e. The van der Waals surface area contributed by atoms with Crippen LogP contribution >= 0.6 is 0 Å². The van der Waals surface area contributed by atoms with Crippen molar-refractivity contribution < 1.29 is 0 Å². The lowest BCUT2D eigenvalue weighted by molar-refractivity contribution is 0.910. The smallest absolute Gasteiger partial charge is 0.183 e. The predicted octanol–water partition coefficient (Wildman–Crippen LogP) is 19.6. The molecule has 0 aliphatic carbocycles. The Balaban J connectivity index is 0.000000118. The summed E-state index contributed by atoms with van der Waals surface area (Å²) in [6, 6.07) is 58.6. The maximum atomic E-state index is 4.42. The van der Waals surface area contributed by atoms with Crippen molar-refractivity contribution in [3.63, 3.8) is 0 Å². The number of aromatic nitrogens is 19. The maximum Gasteiger partial charge on any atom is 0.183 e. The van der Waals surface area contributed by atoms with Crippen LogP contribution < -0.4 is 0 Å². The first-order valence-electron chi connectivity index (χ1n) is 32.6. The van der Waals surface area contributed by atoms with E-state index in [1.807, 2.05) is 111 Å². The molecule has 21 rings (SSSR count). The Bertz CT molecular complexity index is 5750. The molecule has 0 saturated heterocycles. The Hall–Kier alpha value is -12.3. The molecule has 19 heteroatoms.